The van der Waals surface area contributed by atoms with Crippen molar-refractivity contribution in [3.8, 4) is 23.0 Å². The third-order valence-corrected chi connectivity index (χ3v) is 8.29. The highest BCUT2D eigenvalue weighted by atomic mass is 16.5. The lowest BCUT2D eigenvalue weighted by Gasteiger charge is -2.25. The molecule has 2 heterocycles. The molecule has 0 radical (unpaired) electrons. The number of fused-ring (bicyclic) bond motifs is 1. The molecule has 0 spiro atoms. The summed E-state index contributed by atoms with van der Waals surface area (Å²) in [5.74, 6) is -0.152. The second-order valence-electron chi connectivity index (χ2n) is 10.9. The molecule has 0 saturated carbocycles. The number of nitrogens with zero attached hydrogens (tertiary/aromatic N) is 2. The maximum absolute atomic E-state index is 14.6. The van der Waals surface area contributed by atoms with Crippen molar-refractivity contribution < 1.29 is 38.1 Å². The summed E-state index contributed by atoms with van der Waals surface area (Å²) in [6, 6.07) is 27.3. The van der Waals surface area contributed by atoms with E-state index in [1.165, 1.54) is 38.2 Å². The van der Waals surface area contributed by atoms with Crippen LogP contribution in [0.4, 0.5) is 0 Å². The Bertz CT molecular complexity index is 1850. The zero-order valence-corrected chi connectivity index (χ0v) is 26.8. The lowest BCUT2D eigenvalue weighted by atomic mass is 10.0. The lowest BCUT2D eigenvalue weighted by molar-refractivity contribution is -0.123. The van der Waals surface area contributed by atoms with E-state index in [0.29, 0.717) is 45.3 Å². The summed E-state index contributed by atoms with van der Waals surface area (Å²) in [4.78, 5) is 59.0. The highest BCUT2D eigenvalue weighted by Crippen LogP contribution is 2.48. The zero-order valence-electron chi connectivity index (χ0n) is 26.8. The number of hydrogen-bond acceptors (Lipinski definition) is 8. The first-order valence-electron chi connectivity index (χ1n) is 15.0. The van der Waals surface area contributed by atoms with Gasteiger partial charge in [-0.25, -0.2) is 0 Å². The molecule has 10 nitrogen and oxygen atoms in total. The smallest absolute Gasteiger partial charge is 0.261 e. The number of ether oxygens (including phenoxy) is 4. The minimum Gasteiger partial charge on any atom is -0.493 e. The SMILES string of the molecule is COc1ccc(C2=C3C(=O)N(CC(=O)c4ccccc4)C(c4ccc(OC)c(OC)c4)=C3C(=O)N2CC(=O)c2ccccc2)cc1OC. The van der Waals surface area contributed by atoms with Gasteiger partial charge in [0.05, 0.1) is 64.1 Å². The minimum atomic E-state index is -0.563. The monoisotopic (exact) mass is 644 g/mol. The molecule has 0 fully saturated rings. The van der Waals surface area contributed by atoms with E-state index < -0.39 is 11.8 Å². The molecular formula is C38H32N2O8. The molecule has 242 valence electrons. The Hall–Kier alpha value is -6.16. The fourth-order valence-electron chi connectivity index (χ4n) is 5.98. The quantitative estimate of drug-likeness (QED) is 0.191. The number of hydrogen-bond donors (Lipinski definition) is 0. The molecule has 2 aliphatic heterocycles. The normalized spacial score (nSPS) is 14.0. The van der Waals surface area contributed by atoms with Crippen LogP contribution in [0.5, 0.6) is 23.0 Å². The molecule has 48 heavy (non-hydrogen) atoms. The van der Waals surface area contributed by atoms with Crippen molar-refractivity contribution in [3.05, 3.63) is 130 Å². The standard InChI is InChI=1S/C38H32N2O8/c1-45-29-17-15-25(19-31(29)47-3)35-33-34(38(44)39(35)21-27(41)23-11-7-5-8-12-23)36(26-16-18-30(46-2)32(20-26)48-4)40(37(33)43)22-28(42)24-13-9-6-10-14-24/h5-20H,21-22H2,1-4H3. The molecular weight excluding hydrogens is 612 g/mol. The number of carbonyl (C=O) groups is 4. The molecule has 0 unspecified atom stereocenters. The van der Waals surface area contributed by atoms with Crippen LogP contribution in [0.2, 0.25) is 0 Å². The van der Waals surface area contributed by atoms with Gasteiger partial charge in [0.2, 0.25) is 0 Å². The van der Waals surface area contributed by atoms with Gasteiger partial charge >= 0.3 is 0 Å². The Morgan fingerprint density at radius 3 is 1.19 bits per heavy atom. The summed E-state index contributed by atoms with van der Waals surface area (Å²) >= 11 is 0. The van der Waals surface area contributed by atoms with Crippen LogP contribution in [0, 0.1) is 0 Å². The molecule has 6 rings (SSSR count). The second kappa shape index (κ2) is 13.3. The van der Waals surface area contributed by atoms with Crippen LogP contribution in [0.1, 0.15) is 31.8 Å². The second-order valence-corrected chi connectivity index (χ2v) is 10.9. The van der Waals surface area contributed by atoms with Crippen LogP contribution >= 0.6 is 0 Å². The van der Waals surface area contributed by atoms with E-state index >= 15 is 0 Å². The van der Waals surface area contributed by atoms with Gasteiger partial charge in [-0.2, -0.15) is 0 Å². The fraction of sp³-hybridized carbons (Fsp3) is 0.158. The van der Waals surface area contributed by atoms with E-state index in [9.17, 15) is 19.2 Å². The molecule has 0 aliphatic carbocycles. The lowest BCUT2D eigenvalue weighted by Crippen LogP contribution is -2.35. The molecule has 0 saturated heterocycles. The highest BCUT2D eigenvalue weighted by molar-refractivity contribution is 6.31. The Morgan fingerprint density at radius 2 is 0.854 bits per heavy atom. The third-order valence-electron chi connectivity index (χ3n) is 8.29. The number of carbonyl (C=O) groups excluding carboxylic acids is 4. The van der Waals surface area contributed by atoms with Gasteiger partial charge in [-0.05, 0) is 36.4 Å². The predicted octanol–water partition coefficient (Wildman–Crippen LogP) is 5.29. The number of ketones is 2. The number of amides is 2. The molecule has 4 aromatic rings. The molecule has 0 N–H and O–H groups in total. The highest BCUT2D eigenvalue weighted by Gasteiger charge is 2.50. The van der Waals surface area contributed by atoms with Gasteiger partial charge in [0, 0.05) is 22.3 Å². The molecule has 10 heteroatoms. The number of benzene rings is 4. The van der Waals surface area contributed by atoms with Crippen LogP contribution in [0.3, 0.4) is 0 Å². The van der Waals surface area contributed by atoms with Gasteiger partial charge in [0.25, 0.3) is 11.8 Å². The Balaban J connectivity index is 1.58. The van der Waals surface area contributed by atoms with Crippen LogP contribution in [0.15, 0.2) is 108 Å². The summed E-state index contributed by atoms with van der Waals surface area (Å²) in [5.41, 5.74) is 2.29. The van der Waals surface area contributed by atoms with Gasteiger partial charge in [-0.1, -0.05) is 60.7 Å². The van der Waals surface area contributed by atoms with Gasteiger partial charge in [0.1, 0.15) is 0 Å². The molecule has 2 aliphatic rings. The summed E-state index contributed by atoms with van der Waals surface area (Å²) in [7, 11) is 5.96. The molecule has 0 aromatic heterocycles. The van der Waals surface area contributed by atoms with Crippen molar-refractivity contribution in [2.24, 2.45) is 0 Å². The van der Waals surface area contributed by atoms with Gasteiger partial charge in [-0.15, -0.1) is 0 Å². The van der Waals surface area contributed by atoms with E-state index in [1.807, 2.05) is 0 Å². The van der Waals surface area contributed by atoms with Crippen LogP contribution < -0.4 is 18.9 Å². The minimum absolute atomic E-state index is 0.0683. The van der Waals surface area contributed by atoms with E-state index in [0.717, 1.165) is 0 Å². The predicted molar refractivity (Wildman–Crippen MR) is 178 cm³/mol. The number of Topliss-reactive ketones (excluding diaryl/α,β-unsaturated/α-hetero) is 2. The van der Waals surface area contributed by atoms with Crippen molar-refractivity contribution in [3.63, 3.8) is 0 Å². The van der Waals surface area contributed by atoms with E-state index in [-0.39, 0.29) is 47.2 Å². The van der Waals surface area contributed by atoms with Crippen LogP contribution in [-0.4, -0.2) is 74.7 Å². The maximum atomic E-state index is 14.6. The first kappa shape index (κ1) is 31.8. The third kappa shape index (κ3) is 5.57. The summed E-state index contributed by atoms with van der Waals surface area (Å²) in [6.45, 7) is -0.677. The van der Waals surface area contributed by atoms with Crippen molar-refractivity contribution in [1.82, 2.24) is 9.80 Å². The summed E-state index contributed by atoms with van der Waals surface area (Å²) in [5, 5.41) is 0. The van der Waals surface area contributed by atoms with Crippen molar-refractivity contribution in [1.29, 1.82) is 0 Å². The van der Waals surface area contributed by atoms with Crippen LogP contribution in [0.25, 0.3) is 11.4 Å². The first-order chi connectivity index (χ1) is 23.3. The number of rotatable bonds is 12. The van der Waals surface area contributed by atoms with Crippen molar-refractivity contribution >= 4 is 34.8 Å². The van der Waals surface area contributed by atoms with Crippen LogP contribution in [-0.2, 0) is 9.59 Å². The average Bonchev–Trinajstić information content (AvgIpc) is 3.57. The van der Waals surface area contributed by atoms with Gasteiger partial charge in [-0.3, -0.25) is 29.0 Å². The topological polar surface area (TPSA) is 112 Å². The summed E-state index contributed by atoms with van der Waals surface area (Å²) < 4.78 is 22.0. The largest absolute Gasteiger partial charge is 0.493 e. The van der Waals surface area contributed by atoms with E-state index in [4.69, 9.17) is 18.9 Å². The molecule has 0 atom stereocenters. The molecule has 2 amide bonds. The molecule has 0 bridgehead atoms. The first-order valence-corrected chi connectivity index (χ1v) is 15.0. The Labute approximate surface area is 277 Å². The van der Waals surface area contributed by atoms with Crippen molar-refractivity contribution in [2.75, 3.05) is 41.5 Å². The van der Waals surface area contributed by atoms with E-state index in [1.54, 1.807) is 97.1 Å². The fourth-order valence-corrected chi connectivity index (χ4v) is 5.98. The zero-order chi connectivity index (χ0) is 33.9. The average molecular weight is 645 g/mol. The summed E-state index contributed by atoms with van der Waals surface area (Å²) in [6.07, 6.45) is 0. The molecule has 4 aromatic carbocycles. The Morgan fingerprint density at radius 1 is 0.500 bits per heavy atom. The van der Waals surface area contributed by atoms with Crippen molar-refractivity contribution in [2.45, 2.75) is 0 Å². The van der Waals surface area contributed by atoms with Gasteiger partial charge in [0.15, 0.2) is 34.6 Å². The Kier molecular flexibility index (Phi) is 8.81. The maximum Gasteiger partial charge on any atom is 0.261 e. The van der Waals surface area contributed by atoms with Gasteiger partial charge < -0.3 is 18.9 Å². The van der Waals surface area contributed by atoms with E-state index in [2.05, 4.69) is 0 Å². The number of methoxy groups -OCH3 is 4.